The Morgan fingerprint density at radius 2 is 1.90 bits per heavy atom. The molecule has 2 rings (SSSR count). The van der Waals surface area contributed by atoms with Crippen molar-refractivity contribution in [3.05, 3.63) is 47.1 Å². The van der Waals surface area contributed by atoms with Gasteiger partial charge in [0.25, 0.3) is 0 Å². The van der Waals surface area contributed by atoms with E-state index in [1.807, 2.05) is 0 Å². The fourth-order valence-electron chi connectivity index (χ4n) is 1.83. The summed E-state index contributed by atoms with van der Waals surface area (Å²) in [4.78, 5) is 14.0. The Labute approximate surface area is 127 Å². The predicted molar refractivity (Wildman–Crippen MR) is 83.8 cm³/mol. The van der Waals surface area contributed by atoms with Crippen molar-refractivity contribution in [3.8, 4) is 5.69 Å². The van der Waals surface area contributed by atoms with Crippen LogP contribution in [0, 0.1) is 0 Å². The highest BCUT2D eigenvalue weighted by Gasteiger charge is 2.10. The highest BCUT2D eigenvalue weighted by molar-refractivity contribution is 7.92. The number of rotatable bonds is 7. The number of anilines is 1. The largest absolute Gasteiger partial charge is 0.330 e. The molecule has 0 saturated heterocycles. The number of aromatic amines is 1. The summed E-state index contributed by atoms with van der Waals surface area (Å²) in [5.74, 6) is 0.494. The summed E-state index contributed by atoms with van der Waals surface area (Å²) in [6, 6.07) is 6.58. The van der Waals surface area contributed by atoms with Crippen molar-refractivity contribution in [1.29, 1.82) is 0 Å². The van der Waals surface area contributed by atoms with Crippen molar-refractivity contribution in [3.63, 3.8) is 0 Å². The second kappa shape index (κ2) is 6.82. The van der Waals surface area contributed by atoms with Gasteiger partial charge in [-0.3, -0.25) is 9.29 Å². The fraction of sp³-hybridized carbons (Fsp3) is 0.308. The number of H-pyrrole nitrogens is 1. The van der Waals surface area contributed by atoms with E-state index in [4.69, 9.17) is 11.6 Å². The molecule has 21 heavy (non-hydrogen) atoms. The van der Waals surface area contributed by atoms with Gasteiger partial charge in [-0.15, -0.1) is 11.6 Å². The fourth-order valence-corrected chi connectivity index (χ4v) is 3.20. The second-order valence-electron chi connectivity index (χ2n) is 4.50. The predicted octanol–water partition coefficient (Wildman–Crippen LogP) is 1.93. The van der Waals surface area contributed by atoms with Crippen molar-refractivity contribution in [2.45, 2.75) is 12.8 Å². The first kappa shape index (κ1) is 15.7. The van der Waals surface area contributed by atoms with Gasteiger partial charge in [0.2, 0.25) is 10.0 Å². The van der Waals surface area contributed by atoms with Crippen molar-refractivity contribution >= 4 is 27.3 Å². The van der Waals surface area contributed by atoms with Gasteiger partial charge in [0.05, 0.1) is 11.4 Å². The number of unbranched alkanes of at least 4 members (excludes halogenated alkanes) is 1. The van der Waals surface area contributed by atoms with Gasteiger partial charge in [0.1, 0.15) is 0 Å². The monoisotopic (exact) mass is 329 g/mol. The first-order valence-electron chi connectivity index (χ1n) is 6.45. The quantitative estimate of drug-likeness (QED) is 0.601. The highest BCUT2D eigenvalue weighted by atomic mass is 35.5. The van der Waals surface area contributed by atoms with E-state index in [0.717, 1.165) is 0 Å². The molecule has 6 nitrogen and oxygen atoms in total. The van der Waals surface area contributed by atoms with Crippen LogP contribution >= 0.6 is 11.6 Å². The van der Waals surface area contributed by atoms with Crippen molar-refractivity contribution in [1.82, 2.24) is 9.55 Å². The zero-order valence-corrected chi connectivity index (χ0v) is 12.8. The van der Waals surface area contributed by atoms with E-state index in [1.54, 1.807) is 30.5 Å². The minimum Gasteiger partial charge on any atom is -0.312 e. The molecule has 0 aliphatic rings. The molecule has 2 N–H and O–H groups in total. The Bertz CT molecular complexity index is 735. The Kier molecular flexibility index (Phi) is 5.08. The maximum atomic E-state index is 11.8. The zero-order chi connectivity index (χ0) is 15.3. The Hall–Kier alpha value is -1.73. The molecule has 1 aromatic carbocycles. The average Bonchev–Trinajstić information content (AvgIpc) is 2.86. The van der Waals surface area contributed by atoms with Crippen LogP contribution < -0.4 is 10.4 Å². The third-order valence-corrected chi connectivity index (χ3v) is 4.50. The molecular weight excluding hydrogens is 314 g/mol. The van der Waals surface area contributed by atoms with E-state index in [1.165, 1.54) is 10.8 Å². The number of hydrogen-bond acceptors (Lipinski definition) is 3. The van der Waals surface area contributed by atoms with Crippen LogP contribution in [0.3, 0.4) is 0 Å². The molecule has 0 atom stereocenters. The van der Waals surface area contributed by atoms with Gasteiger partial charge in [-0.05, 0) is 37.1 Å². The first-order chi connectivity index (χ1) is 10.0. The van der Waals surface area contributed by atoms with Crippen molar-refractivity contribution < 1.29 is 8.42 Å². The van der Waals surface area contributed by atoms with Gasteiger partial charge in [-0.25, -0.2) is 13.2 Å². The minimum absolute atomic E-state index is 0.0404. The summed E-state index contributed by atoms with van der Waals surface area (Å²) < 4.78 is 27.6. The molecular formula is C13H16ClN3O3S. The summed E-state index contributed by atoms with van der Waals surface area (Å²) >= 11 is 5.52. The summed E-state index contributed by atoms with van der Waals surface area (Å²) in [7, 11) is -3.37. The van der Waals surface area contributed by atoms with Crippen LogP contribution in [0.25, 0.3) is 5.69 Å². The third kappa shape index (κ3) is 4.37. The number of imidazole rings is 1. The number of nitrogens with zero attached hydrogens (tertiary/aromatic N) is 1. The molecule has 0 amide bonds. The molecule has 0 fully saturated rings. The van der Waals surface area contributed by atoms with Crippen LogP contribution in [0.15, 0.2) is 41.5 Å². The molecule has 8 heteroatoms. The smallest absolute Gasteiger partial charge is 0.312 e. The molecule has 0 aliphatic heterocycles. The molecule has 1 aromatic heterocycles. The second-order valence-corrected chi connectivity index (χ2v) is 6.72. The van der Waals surface area contributed by atoms with Crippen LogP contribution in [0.4, 0.5) is 5.69 Å². The van der Waals surface area contributed by atoms with Crippen LogP contribution in [-0.2, 0) is 10.0 Å². The van der Waals surface area contributed by atoms with Gasteiger partial charge in [-0.2, -0.15) is 0 Å². The molecule has 0 aliphatic carbocycles. The lowest BCUT2D eigenvalue weighted by Crippen LogP contribution is -2.17. The van der Waals surface area contributed by atoms with Crippen molar-refractivity contribution in [2.24, 2.45) is 0 Å². The number of benzene rings is 1. The Balaban J connectivity index is 2.06. The number of hydrogen-bond donors (Lipinski definition) is 2. The SMILES string of the molecule is O=c1[nH]ccn1-c1ccc(NS(=O)(=O)CCCCCl)cc1. The van der Waals surface area contributed by atoms with Gasteiger partial charge < -0.3 is 4.98 Å². The number of halogens is 1. The van der Waals surface area contributed by atoms with E-state index in [0.29, 0.717) is 30.1 Å². The minimum atomic E-state index is -3.37. The molecule has 0 bridgehead atoms. The van der Waals surface area contributed by atoms with Crippen molar-refractivity contribution in [2.75, 3.05) is 16.4 Å². The molecule has 0 spiro atoms. The van der Waals surface area contributed by atoms with E-state index in [2.05, 4.69) is 9.71 Å². The van der Waals surface area contributed by atoms with Gasteiger partial charge >= 0.3 is 5.69 Å². The molecule has 0 unspecified atom stereocenters. The Morgan fingerprint density at radius 3 is 2.48 bits per heavy atom. The molecule has 2 aromatic rings. The number of aromatic nitrogens is 2. The van der Waals surface area contributed by atoms with Crippen LogP contribution in [-0.4, -0.2) is 29.6 Å². The van der Waals surface area contributed by atoms with Gasteiger partial charge in [-0.1, -0.05) is 0 Å². The van der Waals surface area contributed by atoms with Gasteiger partial charge in [0, 0.05) is 24.0 Å². The average molecular weight is 330 g/mol. The summed E-state index contributed by atoms with van der Waals surface area (Å²) in [6.07, 6.45) is 4.33. The highest BCUT2D eigenvalue weighted by Crippen LogP contribution is 2.14. The first-order valence-corrected chi connectivity index (χ1v) is 8.63. The van der Waals surface area contributed by atoms with Crippen LogP contribution in [0.5, 0.6) is 0 Å². The lowest BCUT2D eigenvalue weighted by Gasteiger charge is -2.08. The lowest BCUT2D eigenvalue weighted by atomic mass is 10.3. The summed E-state index contributed by atoms with van der Waals surface area (Å²) in [5.41, 5.74) is 0.879. The summed E-state index contributed by atoms with van der Waals surface area (Å²) in [5, 5.41) is 0. The Morgan fingerprint density at radius 1 is 1.19 bits per heavy atom. The molecule has 114 valence electrons. The van der Waals surface area contributed by atoms with Gasteiger partial charge in [0.15, 0.2) is 0 Å². The normalized spacial score (nSPS) is 11.5. The number of sulfonamides is 1. The lowest BCUT2D eigenvalue weighted by molar-refractivity contribution is 0.598. The number of nitrogens with one attached hydrogen (secondary N) is 2. The topological polar surface area (TPSA) is 84.0 Å². The maximum absolute atomic E-state index is 11.8. The van der Waals surface area contributed by atoms with E-state index < -0.39 is 10.0 Å². The zero-order valence-electron chi connectivity index (χ0n) is 11.3. The van der Waals surface area contributed by atoms with E-state index in [-0.39, 0.29) is 11.4 Å². The molecule has 0 radical (unpaired) electrons. The standard InChI is InChI=1S/C13H16ClN3O3S/c14-7-1-2-10-21(19,20)16-11-3-5-12(6-4-11)17-9-8-15-13(17)18/h3-6,8-9,16H,1-2,7,10H2,(H,15,18). The molecule has 1 heterocycles. The van der Waals surface area contributed by atoms with Crippen LogP contribution in [0.1, 0.15) is 12.8 Å². The maximum Gasteiger partial charge on any atom is 0.330 e. The molecule has 0 saturated carbocycles. The van der Waals surface area contributed by atoms with E-state index in [9.17, 15) is 13.2 Å². The van der Waals surface area contributed by atoms with Crippen LogP contribution in [0.2, 0.25) is 0 Å². The third-order valence-electron chi connectivity index (χ3n) is 2.86. The van der Waals surface area contributed by atoms with E-state index >= 15 is 0 Å². The number of alkyl halides is 1. The summed E-state index contributed by atoms with van der Waals surface area (Å²) in [6.45, 7) is 0.